The van der Waals surface area contributed by atoms with E-state index < -0.39 is 23.3 Å². The molecule has 6 nitrogen and oxygen atoms in total. The molecule has 1 aliphatic heterocycles. The van der Waals surface area contributed by atoms with Crippen molar-refractivity contribution >= 4 is 11.9 Å². The first kappa shape index (κ1) is 14.3. The van der Waals surface area contributed by atoms with Crippen LogP contribution in [0.4, 0.5) is 0 Å². The minimum Gasteiger partial charge on any atom is -0.480 e. The number of aromatic nitrogens is 1. The van der Waals surface area contributed by atoms with Gasteiger partial charge in [-0.25, -0.2) is 4.79 Å². The number of H-pyrrole nitrogens is 1. The zero-order valence-electron chi connectivity index (χ0n) is 11.5. The lowest BCUT2D eigenvalue weighted by atomic mass is 9.76. The van der Waals surface area contributed by atoms with Crippen LogP contribution in [0.25, 0.3) is 0 Å². The number of aromatic amines is 1. The average molecular weight is 278 g/mol. The quantitative estimate of drug-likeness (QED) is 0.847. The Morgan fingerprint density at radius 2 is 2.15 bits per heavy atom. The number of carboxylic acids is 1. The van der Waals surface area contributed by atoms with Gasteiger partial charge in [-0.3, -0.25) is 9.59 Å². The summed E-state index contributed by atoms with van der Waals surface area (Å²) in [4.78, 5) is 39.1. The summed E-state index contributed by atoms with van der Waals surface area (Å²) in [6.45, 7) is 4.10. The lowest BCUT2D eigenvalue weighted by Crippen LogP contribution is -2.56. The second-order valence-electron chi connectivity index (χ2n) is 5.77. The van der Waals surface area contributed by atoms with Gasteiger partial charge in [0.1, 0.15) is 6.04 Å². The lowest BCUT2D eigenvalue weighted by Gasteiger charge is -2.44. The van der Waals surface area contributed by atoms with E-state index in [2.05, 4.69) is 4.98 Å². The van der Waals surface area contributed by atoms with Crippen LogP contribution in [0.5, 0.6) is 0 Å². The fraction of sp³-hybridized carbons (Fsp3) is 0.500. The second kappa shape index (κ2) is 5.11. The van der Waals surface area contributed by atoms with Gasteiger partial charge in [0.2, 0.25) is 5.56 Å². The fourth-order valence-corrected chi connectivity index (χ4v) is 2.82. The number of likely N-dealkylation sites (tertiary alicyclic amines) is 1. The molecule has 2 rings (SSSR count). The van der Waals surface area contributed by atoms with Crippen molar-refractivity contribution in [1.82, 2.24) is 9.88 Å². The molecule has 0 aromatic carbocycles. The molecule has 1 fully saturated rings. The molecular formula is C14H18N2O4. The van der Waals surface area contributed by atoms with Crippen molar-refractivity contribution in [2.45, 2.75) is 32.7 Å². The standard InChI is InChI=1S/C14H18N2O4/c1-14(2)5-3-7-16(11(14)13(19)20)12(18)9-4-6-15-10(17)8-9/h4,6,8,11H,3,5,7H2,1-2H3,(H,15,17)(H,19,20). The Bertz CT molecular complexity index is 591. The summed E-state index contributed by atoms with van der Waals surface area (Å²) < 4.78 is 0. The number of pyridine rings is 1. The lowest BCUT2D eigenvalue weighted by molar-refractivity contribution is -0.148. The van der Waals surface area contributed by atoms with E-state index in [1.165, 1.54) is 23.2 Å². The average Bonchev–Trinajstić information content (AvgIpc) is 2.35. The van der Waals surface area contributed by atoms with Gasteiger partial charge in [-0.1, -0.05) is 13.8 Å². The molecule has 0 radical (unpaired) electrons. The van der Waals surface area contributed by atoms with Crippen molar-refractivity contribution in [1.29, 1.82) is 0 Å². The van der Waals surface area contributed by atoms with Gasteiger partial charge in [-0.15, -0.1) is 0 Å². The van der Waals surface area contributed by atoms with Crippen LogP contribution in [-0.2, 0) is 4.79 Å². The van der Waals surface area contributed by atoms with E-state index in [0.29, 0.717) is 6.54 Å². The molecule has 20 heavy (non-hydrogen) atoms. The van der Waals surface area contributed by atoms with Crippen LogP contribution in [0.3, 0.4) is 0 Å². The van der Waals surface area contributed by atoms with Crippen LogP contribution in [0.15, 0.2) is 23.1 Å². The highest BCUT2D eigenvalue weighted by Gasteiger charge is 2.44. The van der Waals surface area contributed by atoms with E-state index in [4.69, 9.17) is 0 Å². The first-order valence-corrected chi connectivity index (χ1v) is 6.55. The predicted octanol–water partition coefficient (Wildman–Crippen LogP) is 1.09. The van der Waals surface area contributed by atoms with E-state index in [-0.39, 0.29) is 11.1 Å². The highest BCUT2D eigenvalue weighted by Crippen LogP contribution is 2.35. The van der Waals surface area contributed by atoms with Crippen LogP contribution in [0, 0.1) is 5.41 Å². The summed E-state index contributed by atoms with van der Waals surface area (Å²) >= 11 is 0. The van der Waals surface area contributed by atoms with Gasteiger partial charge in [0, 0.05) is 24.4 Å². The molecule has 2 N–H and O–H groups in total. The number of nitrogens with one attached hydrogen (secondary N) is 1. The number of rotatable bonds is 2. The monoisotopic (exact) mass is 278 g/mol. The van der Waals surface area contributed by atoms with E-state index >= 15 is 0 Å². The molecule has 1 saturated heterocycles. The van der Waals surface area contributed by atoms with Crippen LogP contribution < -0.4 is 5.56 Å². The van der Waals surface area contributed by atoms with Crippen LogP contribution >= 0.6 is 0 Å². The number of carbonyl (C=O) groups excluding carboxylic acids is 1. The first-order chi connectivity index (χ1) is 9.33. The molecule has 1 aromatic heterocycles. The maximum atomic E-state index is 12.5. The minimum absolute atomic E-state index is 0.220. The first-order valence-electron chi connectivity index (χ1n) is 6.55. The smallest absolute Gasteiger partial charge is 0.326 e. The Labute approximate surface area is 116 Å². The van der Waals surface area contributed by atoms with Crippen LogP contribution in [0.2, 0.25) is 0 Å². The molecule has 0 spiro atoms. The normalized spacial score (nSPS) is 21.5. The number of carboxylic acid groups (broad SMARTS) is 1. The fourth-order valence-electron chi connectivity index (χ4n) is 2.82. The van der Waals surface area contributed by atoms with Crippen molar-refractivity contribution in [3.05, 3.63) is 34.2 Å². The van der Waals surface area contributed by atoms with Crippen molar-refractivity contribution in [2.75, 3.05) is 6.54 Å². The molecule has 6 heteroatoms. The molecule has 1 aromatic rings. The molecule has 1 unspecified atom stereocenters. The zero-order chi connectivity index (χ0) is 14.9. The summed E-state index contributed by atoms with van der Waals surface area (Å²) in [5, 5.41) is 9.43. The molecular weight excluding hydrogens is 260 g/mol. The molecule has 0 bridgehead atoms. The third-order valence-electron chi connectivity index (χ3n) is 3.79. The number of amides is 1. The second-order valence-corrected chi connectivity index (χ2v) is 5.77. The Morgan fingerprint density at radius 3 is 2.75 bits per heavy atom. The summed E-state index contributed by atoms with van der Waals surface area (Å²) in [5.41, 5.74) is -0.641. The van der Waals surface area contributed by atoms with Crippen molar-refractivity contribution in [3.63, 3.8) is 0 Å². The maximum absolute atomic E-state index is 12.5. The molecule has 0 saturated carbocycles. The van der Waals surface area contributed by atoms with Crippen molar-refractivity contribution in [3.8, 4) is 0 Å². The van der Waals surface area contributed by atoms with Gasteiger partial charge < -0.3 is 15.0 Å². The topological polar surface area (TPSA) is 90.5 Å². The molecule has 1 atom stereocenters. The number of aliphatic carboxylic acids is 1. The number of hydrogen-bond acceptors (Lipinski definition) is 3. The highest BCUT2D eigenvalue weighted by molar-refractivity contribution is 5.96. The predicted molar refractivity (Wildman–Crippen MR) is 72.5 cm³/mol. The van der Waals surface area contributed by atoms with Crippen LogP contribution in [0.1, 0.15) is 37.0 Å². The summed E-state index contributed by atoms with van der Waals surface area (Å²) in [5.74, 6) is -1.41. The van der Waals surface area contributed by atoms with Gasteiger partial charge in [0.05, 0.1) is 0 Å². The Hall–Kier alpha value is -2.11. The van der Waals surface area contributed by atoms with Crippen molar-refractivity contribution in [2.24, 2.45) is 5.41 Å². The molecule has 2 heterocycles. The number of nitrogens with zero attached hydrogens (tertiary/aromatic N) is 1. The summed E-state index contributed by atoms with van der Waals surface area (Å²) in [6.07, 6.45) is 2.90. The largest absolute Gasteiger partial charge is 0.480 e. The number of hydrogen-bond donors (Lipinski definition) is 2. The van der Waals surface area contributed by atoms with E-state index in [9.17, 15) is 19.5 Å². The third kappa shape index (κ3) is 2.59. The Kier molecular flexibility index (Phi) is 3.65. The van der Waals surface area contributed by atoms with Gasteiger partial charge in [-0.05, 0) is 24.3 Å². The SMILES string of the molecule is CC1(C)CCCN(C(=O)c2cc[nH]c(=O)c2)C1C(=O)O. The number of carbonyl (C=O) groups is 2. The van der Waals surface area contributed by atoms with Gasteiger partial charge in [-0.2, -0.15) is 0 Å². The molecule has 1 amide bonds. The minimum atomic E-state index is -1.01. The van der Waals surface area contributed by atoms with Gasteiger partial charge in [0.25, 0.3) is 5.91 Å². The number of piperidine rings is 1. The summed E-state index contributed by atoms with van der Waals surface area (Å²) in [6, 6.07) is 1.82. The zero-order valence-corrected chi connectivity index (χ0v) is 11.5. The Morgan fingerprint density at radius 1 is 1.45 bits per heavy atom. The van der Waals surface area contributed by atoms with E-state index in [1.807, 2.05) is 13.8 Å². The molecule has 108 valence electrons. The van der Waals surface area contributed by atoms with E-state index in [1.54, 1.807) is 0 Å². The van der Waals surface area contributed by atoms with Crippen LogP contribution in [-0.4, -0.2) is 39.5 Å². The van der Waals surface area contributed by atoms with Gasteiger partial charge in [0.15, 0.2) is 0 Å². The molecule has 0 aliphatic carbocycles. The third-order valence-corrected chi connectivity index (χ3v) is 3.79. The van der Waals surface area contributed by atoms with Crippen molar-refractivity contribution < 1.29 is 14.7 Å². The van der Waals surface area contributed by atoms with E-state index in [0.717, 1.165) is 12.8 Å². The maximum Gasteiger partial charge on any atom is 0.326 e. The highest BCUT2D eigenvalue weighted by atomic mass is 16.4. The van der Waals surface area contributed by atoms with Gasteiger partial charge >= 0.3 is 5.97 Å². The molecule has 1 aliphatic rings. The Balaban J connectivity index is 2.36. The summed E-state index contributed by atoms with van der Waals surface area (Å²) in [7, 11) is 0.